The molecule has 19 heavy (non-hydrogen) atoms. The zero-order valence-corrected chi connectivity index (χ0v) is 11.9. The molecular formula is C13H13BrN3O2+. The van der Waals surface area contributed by atoms with E-state index < -0.39 is 0 Å². The molecule has 98 valence electrons. The minimum Gasteiger partial charge on any atom is -0.507 e. The monoisotopic (exact) mass is 322 g/mol. The van der Waals surface area contributed by atoms with E-state index in [1.165, 1.54) is 0 Å². The summed E-state index contributed by atoms with van der Waals surface area (Å²) in [5.74, 6) is 1.99. The molecule has 0 saturated heterocycles. The Morgan fingerprint density at radius 2 is 2.37 bits per heavy atom. The van der Waals surface area contributed by atoms with Crippen molar-refractivity contribution in [3.05, 3.63) is 34.6 Å². The molecule has 0 radical (unpaired) electrons. The van der Waals surface area contributed by atoms with E-state index in [-0.39, 0.29) is 18.0 Å². The topological polar surface area (TPSA) is 50.3 Å². The lowest BCUT2D eigenvalue weighted by molar-refractivity contribution is -0.657. The van der Waals surface area contributed by atoms with Crippen molar-refractivity contribution < 1.29 is 14.4 Å². The Hall–Kier alpha value is -1.69. The van der Waals surface area contributed by atoms with E-state index in [4.69, 9.17) is 4.74 Å². The first-order valence-electron chi connectivity index (χ1n) is 6.15. The van der Waals surface area contributed by atoms with Crippen molar-refractivity contribution in [1.29, 1.82) is 0 Å². The van der Waals surface area contributed by atoms with Crippen LogP contribution in [-0.4, -0.2) is 15.9 Å². The van der Waals surface area contributed by atoms with E-state index >= 15 is 0 Å². The number of imidazole rings is 1. The molecule has 2 unspecified atom stereocenters. The largest absolute Gasteiger partial charge is 0.507 e. The number of fused-ring (bicyclic) bond motifs is 6. The summed E-state index contributed by atoms with van der Waals surface area (Å²) in [6.45, 7) is 0. The molecule has 0 fully saturated rings. The van der Waals surface area contributed by atoms with E-state index in [0.29, 0.717) is 4.47 Å². The molecule has 4 rings (SSSR count). The van der Waals surface area contributed by atoms with E-state index in [2.05, 4.69) is 32.0 Å². The van der Waals surface area contributed by atoms with Crippen LogP contribution in [-0.2, 0) is 7.05 Å². The summed E-state index contributed by atoms with van der Waals surface area (Å²) in [5, 5.41) is 13.1. The highest BCUT2D eigenvalue weighted by Crippen LogP contribution is 2.44. The van der Waals surface area contributed by atoms with Gasteiger partial charge in [-0.15, -0.1) is 0 Å². The maximum atomic E-state index is 9.78. The molecule has 3 heterocycles. The molecule has 1 aromatic carbocycles. The third-order valence-corrected chi connectivity index (χ3v) is 4.44. The first kappa shape index (κ1) is 11.2. The van der Waals surface area contributed by atoms with Crippen molar-refractivity contribution >= 4 is 21.9 Å². The number of ether oxygens (including phenoxy) is 1. The van der Waals surface area contributed by atoms with Crippen molar-refractivity contribution in [2.24, 2.45) is 7.05 Å². The fraction of sp³-hybridized carbons (Fsp3) is 0.308. The number of nitrogens with zero attached hydrogens (tertiary/aromatic N) is 2. The Morgan fingerprint density at radius 1 is 1.53 bits per heavy atom. The van der Waals surface area contributed by atoms with Gasteiger partial charge in [0.15, 0.2) is 0 Å². The van der Waals surface area contributed by atoms with Crippen LogP contribution in [0.2, 0.25) is 0 Å². The molecule has 2 aliphatic heterocycles. The van der Waals surface area contributed by atoms with Gasteiger partial charge in [0.05, 0.1) is 30.3 Å². The molecule has 5 nitrogen and oxygen atoms in total. The van der Waals surface area contributed by atoms with Gasteiger partial charge in [-0.3, -0.25) is 0 Å². The maximum Gasteiger partial charge on any atom is 0.360 e. The van der Waals surface area contributed by atoms with Crippen LogP contribution < -0.4 is 14.6 Å². The average molecular weight is 323 g/mol. The normalized spacial score (nSPS) is 23.1. The lowest BCUT2D eigenvalue weighted by Crippen LogP contribution is -2.45. The number of halogens is 1. The molecule has 2 atom stereocenters. The zero-order chi connectivity index (χ0) is 13.1. The third-order valence-electron chi connectivity index (χ3n) is 3.80. The van der Waals surface area contributed by atoms with E-state index in [0.717, 1.165) is 23.7 Å². The minimum absolute atomic E-state index is 0.0494. The summed E-state index contributed by atoms with van der Waals surface area (Å²) in [6, 6.07) is 3.86. The lowest BCUT2D eigenvalue weighted by Gasteiger charge is -2.34. The van der Waals surface area contributed by atoms with Crippen LogP contribution in [0.25, 0.3) is 0 Å². The first-order valence-corrected chi connectivity index (χ1v) is 6.95. The molecule has 0 saturated carbocycles. The Bertz CT molecular complexity index is 683. The second-order valence-corrected chi connectivity index (χ2v) is 5.84. The standard InChI is InChI=1S/C13H12BrN3O2/c1-16-2-3-17-9-5-12(15-13(16)17)19-11-6-10(18)8(14)4-7(9)11/h2-4,6,9,12,18H,5H2,1H3/p+1. The third kappa shape index (κ3) is 1.49. The van der Waals surface area contributed by atoms with Gasteiger partial charge in [0.2, 0.25) is 6.23 Å². The molecule has 6 heteroatoms. The Balaban J connectivity index is 1.93. The van der Waals surface area contributed by atoms with Crippen LogP contribution in [0.5, 0.6) is 11.5 Å². The van der Waals surface area contributed by atoms with Gasteiger partial charge < -0.3 is 9.84 Å². The van der Waals surface area contributed by atoms with Crippen LogP contribution in [0.3, 0.4) is 0 Å². The second-order valence-electron chi connectivity index (χ2n) is 4.98. The molecule has 0 spiro atoms. The zero-order valence-electron chi connectivity index (χ0n) is 10.3. The fourth-order valence-electron chi connectivity index (χ4n) is 2.87. The summed E-state index contributed by atoms with van der Waals surface area (Å²) in [4.78, 5) is 0. The van der Waals surface area contributed by atoms with Crippen molar-refractivity contribution in [3.63, 3.8) is 0 Å². The average Bonchev–Trinajstić information content (AvgIpc) is 2.74. The van der Waals surface area contributed by atoms with Gasteiger partial charge in [-0.1, -0.05) is 0 Å². The summed E-state index contributed by atoms with van der Waals surface area (Å²) in [7, 11) is 2.01. The fourth-order valence-corrected chi connectivity index (χ4v) is 3.23. The summed E-state index contributed by atoms with van der Waals surface area (Å²) in [5.41, 5.74) is 1.10. The molecule has 0 aliphatic carbocycles. The number of anilines is 1. The summed E-state index contributed by atoms with van der Waals surface area (Å²) < 4.78 is 10.9. The van der Waals surface area contributed by atoms with Gasteiger partial charge in [0.1, 0.15) is 17.5 Å². The number of aromatic nitrogens is 2. The van der Waals surface area contributed by atoms with Gasteiger partial charge in [-0.2, -0.15) is 0 Å². The smallest absolute Gasteiger partial charge is 0.360 e. The lowest BCUT2D eigenvalue weighted by atomic mass is 9.97. The molecule has 2 bridgehead atoms. The Labute approximate surface area is 118 Å². The molecule has 2 N–H and O–H groups in total. The minimum atomic E-state index is -0.0494. The van der Waals surface area contributed by atoms with Gasteiger partial charge in [0.25, 0.3) is 0 Å². The number of benzene rings is 1. The van der Waals surface area contributed by atoms with E-state index in [1.54, 1.807) is 6.07 Å². The van der Waals surface area contributed by atoms with Crippen molar-refractivity contribution in [3.8, 4) is 11.5 Å². The summed E-state index contributed by atoms with van der Waals surface area (Å²) in [6.07, 6.45) is 4.93. The van der Waals surface area contributed by atoms with Gasteiger partial charge in [-0.25, -0.2) is 14.5 Å². The quantitative estimate of drug-likeness (QED) is 0.728. The molecule has 1 aromatic heterocycles. The highest BCUT2D eigenvalue weighted by molar-refractivity contribution is 9.10. The molecule has 0 amide bonds. The van der Waals surface area contributed by atoms with E-state index in [1.807, 2.05) is 23.9 Å². The predicted molar refractivity (Wildman–Crippen MR) is 72.2 cm³/mol. The summed E-state index contributed by atoms with van der Waals surface area (Å²) >= 11 is 3.37. The second kappa shape index (κ2) is 3.66. The van der Waals surface area contributed by atoms with Crippen molar-refractivity contribution in [2.75, 3.05) is 5.32 Å². The number of phenols is 1. The van der Waals surface area contributed by atoms with Gasteiger partial charge in [-0.05, 0) is 22.0 Å². The number of rotatable bonds is 0. The Kier molecular flexibility index (Phi) is 2.15. The van der Waals surface area contributed by atoms with Gasteiger partial charge in [0, 0.05) is 11.6 Å². The SMILES string of the molecule is C[n+]1ccn2c1NC1CC2c2cc(Br)c(O)cc2O1. The molecule has 2 aromatic rings. The van der Waals surface area contributed by atoms with Crippen LogP contribution in [0.1, 0.15) is 18.0 Å². The van der Waals surface area contributed by atoms with Crippen LogP contribution in [0, 0.1) is 0 Å². The highest BCUT2D eigenvalue weighted by Gasteiger charge is 2.41. The molecule has 2 aliphatic rings. The number of hydrogen-bond donors (Lipinski definition) is 2. The number of hydrogen-bond acceptors (Lipinski definition) is 3. The van der Waals surface area contributed by atoms with Crippen molar-refractivity contribution in [1.82, 2.24) is 4.57 Å². The predicted octanol–water partition coefficient (Wildman–Crippen LogP) is 1.90. The maximum absolute atomic E-state index is 9.78. The number of nitrogens with one attached hydrogen (secondary N) is 1. The van der Waals surface area contributed by atoms with Crippen LogP contribution in [0.4, 0.5) is 5.95 Å². The van der Waals surface area contributed by atoms with Gasteiger partial charge >= 0.3 is 5.95 Å². The number of aromatic hydroxyl groups is 1. The van der Waals surface area contributed by atoms with E-state index in [9.17, 15) is 5.11 Å². The first-order chi connectivity index (χ1) is 9.13. The van der Waals surface area contributed by atoms with Crippen LogP contribution >= 0.6 is 15.9 Å². The Morgan fingerprint density at radius 3 is 3.21 bits per heavy atom. The number of phenolic OH excluding ortho intramolecular Hbond substituents is 1. The van der Waals surface area contributed by atoms with Crippen molar-refractivity contribution in [2.45, 2.75) is 18.7 Å². The number of aryl methyl sites for hydroxylation is 1. The molecular weight excluding hydrogens is 310 g/mol. The highest BCUT2D eigenvalue weighted by atomic mass is 79.9. The van der Waals surface area contributed by atoms with Crippen LogP contribution in [0.15, 0.2) is 29.0 Å².